The minimum absolute atomic E-state index is 0.137. The van der Waals surface area contributed by atoms with Crippen molar-refractivity contribution in [1.82, 2.24) is 0 Å². The molecule has 0 amide bonds. The fourth-order valence-electron chi connectivity index (χ4n) is 2.13. The van der Waals surface area contributed by atoms with E-state index in [9.17, 15) is 18.3 Å². The number of alkyl halides is 3. The first-order chi connectivity index (χ1) is 9.29. The average molecular weight is 290 g/mol. The van der Waals surface area contributed by atoms with Gasteiger partial charge in [0.25, 0.3) is 0 Å². The first-order valence-corrected chi connectivity index (χ1v) is 6.68. The van der Waals surface area contributed by atoms with Crippen molar-refractivity contribution >= 4 is 11.4 Å². The summed E-state index contributed by atoms with van der Waals surface area (Å²) in [6.45, 7) is 4.16. The maximum absolute atomic E-state index is 12.7. The third-order valence-corrected chi connectivity index (χ3v) is 3.47. The van der Waals surface area contributed by atoms with Gasteiger partial charge in [0.05, 0.1) is 11.7 Å². The molecular weight excluding hydrogens is 269 g/mol. The number of halogens is 3. The Morgan fingerprint density at radius 2 is 1.85 bits per heavy atom. The fourth-order valence-corrected chi connectivity index (χ4v) is 2.13. The molecule has 1 atom stereocenters. The van der Waals surface area contributed by atoms with Gasteiger partial charge in [0, 0.05) is 17.9 Å². The molecule has 3 nitrogen and oxygen atoms in total. The number of hydrogen-bond donors (Lipinski definition) is 3. The van der Waals surface area contributed by atoms with E-state index in [4.69, 9.17) is 5.73 Å². The van der Waals surface area contributed by atoms with Crippen LogP contribution >= 0.6 is 0 Å². The maximum atomic E-state index is 12.7. The van der Waals surface area contributed by atoms with Crippen LogP contribution in [-0.4, -0.2) is 17.8 Å². The first kappa shape index (κ1) is 16.6. The van der Waals surface area contributed by atoms with Crippen molar-refractivity contribution in [2.24, 2.45) is 5.92 Å². The number of rotatable bonds is 6. The lowest BCUT2D eigenvalue weighted by atomic mass is 9.96. The van der Waals surface area contributed by atoms with Crippen LogP contribution in [0.1, 0.15) is 32.3 Å². The molecule has 0 bridgehead atoms. The van der Waals surface area contributed by atoms with Crippen molar-refractivity contribution in [3.63, 3.8) is 0 Å². The van der Waals surface area contributed by atoms with Gasteiger partial charge >= 0.3 is 6.18 Å². The third kappa shape index (κ3) is 4.30. The standard InChI is InChI=1S/C14H21F3N2O/c1-3-9(4-2)13(20)8-19-10-5-6-12(18)11(7-10)14(15,16)17/h5-7,9,13,19-20H,3-4,8,18H2,1-2H3. The molecule has 0 heterocycles. The number of benzene rings is 1. The molecule has 0 aliphatic heterocycles. The summed E-state index contributed by atoms with van der Waals surface area (Å²) in [5.74, 6) is 0.137. The monoisotopic (exact) mass is 290 g/mol. The highest BCUT2D eigenvalue weighted by molar-refractivity contribution is 5.58. The predicted molar refractivity (Wildman–Crippen MR) is 74.4 cm³/mol. The maximum Gasteiger partial charge on any atom is 0.418 e. The van der Waals surface area contributed by atoms with Gasteiger partial charge in [0.1, 0.15) is 0 Å². The topological polar surface area (TPSA) is 58.3 Å². The summed E-state index contributed by atoms with van der Waals surface area (Å²) in [5, 5.41) is 12.8. The summed E-state index contributed by atoms with van der Waals surface area (Å²) in [6.07, 6.45) is -3.41. The van der Waals surface area contributed by atoms with Crippen molar-refractivity contribution in [3.8, 4) is 0 Å². The highest BCUT2D eigenvalue weighted by atomic mass is 19.4. The summed E-state index contributed by atoms with van der Waals surface area (Å²) in [6, 6.07) is 3.66. The fraction of sp³-hybridized carbons (Fsp3) is 0.571. The number of nitrogens with two attached hydrogens (primary N) is 1. The summed E-state index contributed by atoms with van der Waals surface area (Å²) in [4.78, 5) is 0. The van der Waals surface area contributed by atoms with Gasteiger partial charge in [-0.1, -0.05) is 26.7 Å². The minimum atomic E-state index is -4.48. The molecule has 0 fully saturated rings. The predicted octanol–water partition coefficient (Wildman–Crippen LogP) is 3.50. The van der Waals surface area contributed by atoms with E-state index >= 15 is 0 Å². The molecule has 0 aliphatic carbocycles. The summed E-state index contributed by atoms with van der Waals surface area (Å²) in [5.41, 5.74) is 4.46. The molecule has 1 rings (SSSR count). The van der Waals surface area contributed by atoms with E-state index in [1.807, 2.05) is 13.8 Å². The van der Waals surface area contributed by atoms with Gasteiger partial charge in [0.2, 0.25) is 0 Å². The van der Waals surface area contributed by atoms with Crippen LogP contribution in [-0.2, 0) is 6.18 Å². The number of nitrogen functional groups attached to an aromatic ring is 1. The Morgan fingerprint density at radius 3 is 2.35 bits per heavy atom. The Labute approximate surface area is 117 Å². The normalized spacial score (nSPS) is 13.6. The molecule has 6 heteroatoms. The van der Waals surface area contributed by atoms with Gasteiger partial charge < -0.3 is 16.2 Å². The van der Waals surface area contributed by atoms with Crippen molar-refractivity contribution in [2.75, 3.05) is 17.6 Å². The van der Waals surface area contributed by atoms with E-state index in [-0.39, 0.29) is 18.2 Å². The van der Waals surface area contributed by atoms with E-state index in [1.165, 1.54) is 12.1 Å². The van der Waals surface area contributed by atoms with Gasteiger partial charge in [0.15, 0.2) is 0 Å². The molecule has 1 aromatic rings. The lowest BCUT2D eigenvalue weighted by Crippen LogP contribution is -2.27. The molecule has 20 heavy (non-hydrogen) atoms. The lowest BCUT2D eigenvalue weighted by Gasteiger charge is -2.21. The van der Waals surface area contributed by atoms with Crippen molar-refractivity contribution < 1.29 is 18.3 Å². The van der Waals surface area contributed by atoms with Gasteiger partial charge in [-0.05, 0) is 24.1 Å². The van der Waals surface area contributed by atoms with Crippen LogP contribution in [0, 0.1) is 5.92 Å². The Bertz CT molecular complexity index is 431. The Kier molecular flexibility index (Phi) is 5.68. The zero-order chi connectivity index (χ0) is 15.3. The molecule has 0 spiro atoms. The summed E-state index contributed by atoms with van der Waals surface area (Å²) >= 11 is 0. The highest BCUT2D eigenvalue weighted by Crippen LogP contribution is 2.35. The van der Waals surface area contributed by atoms with E-state index in [2.05, 4.69) is 5.32 Å². The van der Waals surface area contributed by atoms with Crippen LogP contribution in [0.25, 0.3) is 0 Å². The van der Waals surface area contributed by atoms with E-state index in [0.29, 0.717) is 5.69 Å². The second kappa shape index (κ2) is 6.83. The summed E-state index contributed by atoms with van der Waals surface area (Å²) < 4.78 is 38.1. The molecule has 0 saturated heterocycles. The molecule has 0 aromatic heterocycles. The SMILES string of the molecule is CCC(CC)C(O)CNc1ccc(N)c(C(F)(F)F)c1. The zero-order valence-corrected chi connectivity index (χ0v) is 11.7. The van der Waals surface area contributed by atoms with Gasteiger partial charge in [-0.2, -0.15) is 13.2 Å². The van der Waals surface area contributed by atoms with E-state index in [0.717, 1.165) is 18.9 Å². The van der Waals surface area contributed by atoms with Crippen molar-refractivity contribution in [2.45, 2.75) is 39.0 Å². The van der Waals surface area contributed by atoms with Gasteiger partial charge in [-0.25, -0.2) is 0 Å². The Hall–Kier alpha value is -1.43. The van der Waals surface area contributed by atoms with Crippen molar-refractivity contribution in [1.29, 1.82) is 0 Å². The number of nitrogens with one attached hydrogen (secondary N) is 1. The molecule has 1 unspecified atom stereocenters. The Balaban J connectivity index is 2.75. The number of aliphatic hydroxyl groups excluding tert-OH is 1. The van der Waals surface area contributed by atoms with Crippen LogP contribution < -0.4 is 11.1 Å². The second-order valence-electron chi connectivity index (χ2n) is 4.82. The average Bonchev–Trinajstić information content (AvgIpc) is 2.37. The van der Waals surface area contributed by atoms with Crippen LogP contribution in [0.5, 0.6) is 0 Å². The lowest BCUT2D eigenvalue weighted by molar-refractivity contribution is -0.136. The first-order valence-electron chi connectivity index (χ1n) is 6.68. The molecule has 4 N–H and O–H groups in total. The third-order valence-electron chi connectivity index (χ3n) is 3.47. The van der Waals surface area contributed by atoms with Gasteiger partial charge in [-0.3, -0.25) is 0 Å². The smallest absolute Gasteiger partial charge is 0.398 e. The molecule has 1 aromatic carbocycles. The Morgan fingerprint density at radius 1 is 1.25 bits per heavy atom. The van der Waals surface area contributed by atoms with E-state index in [1.54, 1.807) is 0 Å². The molecule has 0 saturated carbocycles. The second-order valence-corrected chi connectivity index (χ2v) is 4.82. The minimum Gasteiger partial charge on any atom is -0.398 e. The molecular formula is C14H21F3N2O. The molecule has 114 valence electrons. The van der Waals surface area contributed by atoms with Crippen LogP contribution in [0.3, 0.4) is 0 Å². The molecule has 0 aliphatic rings. The van der Waals surface area contributed by atoms with Crippen LogP contribution in [0.15, 0.2) is 18.2 Å². The quantitative estimate of drug-likeness (QED) is 0.703. The number of hydrogen-bond acceptors (Lipinski definition) is 3. The largest absolute Gasteiger partial charge is 0.418 e. The summed E-state index contributed by atoms with van der Waals surface area (Å²) in [7, 11) is 0. The van der Waals surface area contributed by atoms with Crippen molar-refractivity contribution in [3.05, 3.63) is 23.8 Å². The highest BCUT2D eigenvalue weighted by Gasteiger charge is 2.33. The van der Waals surface area contributed by atoms with Crippen LogP contribution in [0.4, 0.5) is 24.5 Å². The van der Waals surface area contributed by atoms with Crippen LogP contribution in [0.2, 0.25) is 0 Å². The van der Waals surface area contributed by atoms with Gasteiger partial charge in [-0.15, -0.1) is 0 Å². The molecule has 0 radical (unpaired) electrons. The number of anilines is 2. The van der Waals surface area contributed by atoms with E-state index < -0.39 is 17.8 Å². The zero-order valence-electron chi connectivity index (χ0n) is 11.7. The number of aliphatic hydroxyl groups is 1.